The van der Waals surface area contributed by atoms with Crippen LogP contribution in [0.3, 0.4) is 0 Å². The number of anilines is 1. The normalized spacial score (nSPS) is 14.8. The highest BCUT2D eigenvalue weighted by Gasteiger charge is 2.22. The van der Waals surface area contributed by atoms with E-state index in [1.807, 2.05) is 11.0 Å². The average molecular weight is 391 g/mol. The van der Waals surface area contributed by atoms with Crippen LogP contribution < -0.4 is 4.90 Å². The zero-order valence-electron chi connectivity index (χ0n) is 13.6. The fourth-order valence-electron chi connectivity index (χ4n) is 3.06. The molecule has 0 saturated carbocycles. The molecule has 1 fully saturated rings. The highest BCUT2D eigenvalue weighted by Crippen LogP contribution is 2.25. The molecule has 2 aromatic carbocycles. The maximum Gasteiger partial charge on any atom is 0.227 e. The van der Waals surface area contributed by atoms with Crippen LogP contribution in [0.25, 0.3) is 0 Å². The number of amides is 1. The second kappa shape index (κ2) is 7.34. The molecule has 0 radical (unpaired) electrons. The molecule has 1 saturated heterocycles. The van der Waals surface area contributed by atoms with Crippen molar-refractivity contribution in [2.45, 2.75) is 13.3 Å². The minimum absolute atomic E-state index is 0.105. The number of halogens is 2. The van der Waals surface area contributed by atoms with E-state index in [1.165, 1.54) is 23.4 Å². The summed E-state index contributed by atoms with van der Waals surface area (Å²) in [6.07, 6.45) is 0.331. The molecule has 1 aliphatic heterocycles. The Morgan fingerprint density at radius 1 is 1.08 bits per heavy atom. The second-order valence-corrected chi connectivity index (χ2v) is 7.02. The van der Waals surface area contributed by atoms with Gasteiger partial charge in [-0.25, -0.2) is 4.39 Å². The number of benzene rings is 2. The zero-order chi connectivity index (χ0) is 17.1. The minimum Gasteiger partial charge on any atom is -0.368 e. The summed E-state index contributed by atoms with van der Waals surface area (Å²) in [5, 5.41) is 0. The van der Waals surface area contributed by atoms with Crippen molar-refractivity contribution >= 4 is 27.5 Å². The predicted molar refractivity (Wildman–Crippen MR) is 97.8 cm³/mol. The quantitative estimate of drug-likeness (QED) is 0.795. The molecule has 126 valence electrons. The smallest absolute Gasteiger partial charge is 0.227 e. The fraction of sp³-hybridized carbons (Fsp3) is 0.316. The van der Waals surface area contributed by atoms with E-state index in [4.69, 9.17) is 0 Å². The number of nitrogens with zero attached hydrogens (tertiary/aromatic N) is 2. The molecule has 0 aromatic heterocycles. The lowest BCUT2D eigenvalue weighted by molar-refractivity contribution is -0.130. The molecule has 0 aliphatic carbocycles. The molecule has 0 atom stereocenters. The Balaban J connectivity index is 1.58. The summed E-state index contributed by atoms with van der Waals surface area (Å²) in [5.74, 6) is -0.168. The van der Waals surface area contributed by atoms with Crippen molar-refractivity contribution in [3.05, 3.63) is 63.9 Å². The second-order valence-electron chi connectivity index (χ2n) is 6.10. The number of carbonyl (C=O) groups is 1. The number of rotatable bonds is 3. The Kier molecular flexibility index (Phi) is 5.19. The Bertz CT molecular complexity index is 725. The Labute approximate surface area is 150 Å². The predicted octanol–water partition coefficient (Wildman–Crippen LogP) is 3.79. The van der Waals surface area contributed by atoms with Gasteiger partial charge in [-0.15, -0.1) is 0 Å². The number of piperazine rings is 1. The lowest BCUT2D eigenvalue weighted by Crippen LogP contribution is -2.49. The van der Waals surface area contributed by atoms with Gasteiger partial charge in [-0.05, 0) is 48.4 Å². The highest BCUT2D eigenvalue weighted by molar-refractivity contribution is 9.10. The summed E-state index contributed by atoms with van der Waals surface area (Å²) in [7, 11) is 0. The van der Waals surface area contributed by atoms with Crippen molar-refractivity contribution in [2.75, 3.05) is 31.1 Å². The molecular formula is C19H20BrFN2O. The van der Waals surface area contributed by atoms with Crippen LogP contribution in [0.15, 0.2) is 46.9 Å². The van der Waals surface area contributed by atoms with Gasteiger partial charge in [0.25, 0.3) is 0 Å². The van der Waals surface area contributed by atoms with Gasteiger partial charge in [0, 0.05) is 36.3 Å². The maximum absolute atomic E-state index is 12.9. The third-order valence-electron chi connectivity index (χ3n) is 4.40. The van der Waals surface area contributed by atoms with Crippen molar-refractivity contribution in [3.8, 4) is 0 Å². The summed E-state index contributed by atoms with van der Waals surface area (Å²) >= 11 is 3.49. The van der Waals surface area contributed by atoms with E-state index in [0.717, 1.165) is 36.2 Å². The summed E-state index contributed by atoms with van der Waals surface area (Å²) in [6, 6.07) is 12.4. The van der Waals surface area contributed by atoms with Crippen molar-refractivity contribution < 1.29 is 9.18 Å². The number of carbonyl (C=O) groups excluding carboxylic acids is 1. The summed E-state index contributed by atoms with van der Waals surface area (Å²) in [4.78, 5) is 16.6. The van der Waals surface area contributed by atoms with Crippen LogP contribution in [-0.2, 0) is 11.2 Å². The van der Waals surface area contributed by atoms with Crippen molar-refractivity contribution in [2.24, 2.45) is 0 Å². The van der Waals surface area contributed by atoms with E-state index in [2.05, 4.69) is 39.9 Å². The molecule has 3 rings (SSSR count). The first kappa shape index (κ1) is 17.0. The highest BCUT2D eigenvalue weighted by atomic mass is 79.9. The van der Waals surface area contributed by atoms with Gasteiger partial charge in [0.1, 0.15) is 5.82 Å². The third kappa shape index (κ3) is 3.96. The summed E-state index contributed by atoms with van der Waals surface area (Å²) in [6.45, 7) is 5.20. The van der Waals surface area contributed by atoms with Gasteiger partial charge in [-0.3, -0.25) is 4.79 Å². The minimum atomic E-state index is -0.273. The van der Waals surface area contributed by atoms with Gasteiger partial charge in [-0.1, -0.05) is 28.1 Å². The first-order valence-corrected chi connectivity index (χ1v) is 8.85. The van der Waals surface area contributed by atoms with E-state index in [9.17, 15) is 9.18 Å². The molecular weight excluding hydrogens is 371 g/mol. The topological polar surface area (TPSA) is 23.6 Å². The SMILES string of the molecule is Cc1cc(Br)ccc1N1CCN(C(=O)Cc2ccc(F)cc2)CC1. The first-order valence-electron chi connectivity index (χ1n) is 8.06. The molecule has 0 N–H and O–H groups in total. The Morgan fingerprint density at radius 2 is 1.75 bits per heavy atom. The molecule has 24 heavy (non-hydrogen) atoms. The third-order valence-corrected chi connectivity index (χ3v) is 4.89. The summed E-state index contributed by atoms with van der Waals surface area (Å²) < 4.78 is 14.0. The van der Waals surface area contributed by atoms with E-state index in [1.54, 1.807) is 12.1 Å². The zero-order valence-corrected chi connectivity index (χ0v) is 15.2. The van der Waals surface area contributed by atoms with Gasteiger partial charge >= 0.3 is 0 Å². The Morgan fingerprint density at radius 3 is 2.38 bits per heavy atom. The largest absolute Gasteiger partial charge is 0.368 e. The molecule has 1 aliphatic rings. The molecule has 1 amide bonds. The van der Waals surface area contributed by atoms with Crippen LogP contribution in [0.5, 0.6) is 0 Å². The molecule has 5 heteroatoms. The average Bonchev–Trinajstić information content (AvgIpc) is 2.57. The maximum atomic E-state index is 12.9. The molecule has 0 unspecified atom stereocenters. The van der Waals surface area contributed by atoms with Crippen LogP contribution in [0.1, 0.15) is 11.1 Å². The van der Waals surface area contributed by atoms with E-state index in [0.29, 0.717) is 6.42 Å². The lowest BCUT2D eigenvalue weighted by atomic mass is 10.1. The van der Waals surface area contributed by atoms with Crippen LogP contribution in [0.2, 0.25) is 0 Å². The van der Waals surface area contributed by atoms with Gasteiger partial charge in [0.05, 0.1) is 6.42 Å². The van der Waals surface area contributed by atoms with E-state index in [-0.39, 0.29) is 11.7 Å². The number of hydrogen-bond donors (Lipinski definition) is 0. The molecule has 0 spiro atoms. The van der Waals surface area contributed by atoms with Crippen LogP contribution in [0.4, 0.5) is 10.1 Å². The van der Waals surface area contributed by atoms with Gasteiger partial charge in [-0.2, -0.15) is 0 Å². The monoisotopic (exact) mass is 390 g/mol. The van der Waals surface area contributed by atoms with Gasteiger partial charge < -0.3 is 9.80 Å². The molecule has 3 nitrogen and oxygen atoms in total. The number of aryl methyl sites for hydroxylation is 1. The number of hydrogen-bond acceptors (Lipinski definition) is 2. The first-order chi connectivity index (χ1) is 11.5. The van der Waals surface area contributed by atoms with Crippen molar-refractivity contribution in [3.63, 3.8) is 0 Å². The van der Waals surface area contributed by atoms with E-state index < -0.39 is 0 Å². The molecule has 1 heterocycles. The van der Waals surface area contributed by atoms with Gasteiger partial charge in [0.15, 0.2) is 0 Å². The molecule has 0 bridgehead atoms. The standard InChI is InChI=1S/C19H20BrFN2O/c1-14-12-16(20)4-7-18(14)22-8-10-23(11-9-22)19(24)13-15-2-5-17(21)6-3-15/h2-7,12H,8-11,13H2,1H3. The van der Waals surface area contributed by atoms with Crippen molar-refractivity contribution in [1.29, 1.82) is 0 Å². The van der Waals surface area contributed by atoms with Crippen LogP contribution >= 0.6 is 15.9 Å². The van der Waals surface area contributed by atoms with Crippen LogP contribution in [-0.4, -0.2) is 37.0 Å². The van der Waals surface area contributed by atoms with E-state index >= 15 is 0 Å². The lowest BCUT2D eigenvalue weighted by Gasteiger charge is -2.37. The summed E-state index contributed by atoms with van der Waals surface area (Å²) in [5.41, 5.74) is 3.31. The molecule has 2 aromatic rings. The fourth-order valence-corrected chi connectivity index (χ4v) is 3.53. The van der Waals surface area contributed by atoms with Gasteiger partial charge in [0.2, 0.25) is 5.91 Å². The Hall–Kier alpha value is -1.88. The van der Waals surface area contributed by atoms with Crippen molar-refractivity contribution in [1.82, 2.24) is 4.90 Å². The van der Waals surface area contributed by atoms with Crippen LogP contribution in [0, 0.1) is 12.7 Å².